The maximum atomic E-state index is 13.5. The summed E-state index contributed by atoms with van der Waals surface area (Å²) in [5, 5.41) is 0. The number of benzene rings is 1. The summed E-state index contributed by atoms with van der Waals surface area (Å²) in [6, 6.07) is 4.63. The first-order valence-corrected chi connectivity index (χ1v) is 5.07. The van der Waals surface area contributed by atoms with Crippen LogP contribution in [0.4, 0.5) is 13.2 Å². The lowest BCUT2D eigenvalue weighted by molar-refractivity contribution is 0.394. The molecule has 6 heteroatoms. The van der Waals surface area contributed by atoms with Crippen LogP contribution in [0.3, 0.4) is 0 Å². The molecule has 1 aromatic carbocycles. The van der Waals surface area contributed by atoms with E-state index < -0.39 is 23.3 Å². The van der Waals surface area contributed by atoms with Gasteiger partial charge in [0, 0.05) is 12.6 Å². The van der Waals surface area contributed by atoms with Crippen LogP contribution in [0.25, 0.3) is 0 Å². The van der Waals surface area contributed by atoms with Gasteiger partial charge in [0.1, 0.15) is 5.82 Å². The average molecular weight is 254 g/mol. The fourth-order valence-electron chi connectivity index (χ4n) is 1.34. The van der Waals surface area contributed by atoms with Gasteiger partial charge >= 0.3 is 0 Å². The quantitative estimate of drug-likeness (QED) is 0.916. The summed E-state index contributed by atoms with van der Waals surface area (Å²) in [6.45, 7) is 0.181. The molecule has 0 aliphatic carbocycles. The second kappa shape index (κ2) is 5.05. The van der Waals surface area contributed by atoms with Crippen LogP contribution >= 0.6 is 0 Å². The molecule has 2 aromatic rings. The molecule has 0 aliphatic heterocycles. The molecule has 0 fully saturated rings. The molecule has 0 saturated carbocycles. The van der Waals surface area contributed by atoms with E-state index >= 15 is 0 Å². The smallest absolute Gasteiger partial charge is 0.256 e. The van der Waals surface area contributed by atoms with Gasteiger partial charge in [0.15, 0.2) is 17.4 Å². The highest BCUT2D eigenvalue weighted by Gasteiger charge is 2.11. The summed E-state index contributed by atoms with van der Waals surface area (Å²) in [4.78, 5) is 3.39. The summed E-state index contributed by atoms with van der Waals surface area (Å²) in [5.74, 6) is -3.22. The summed E-state index contributed by atoms with van der Waals surface area (Å²) < 4.78 is 44.3. The molecule has 18 heavy (non-hydrogen) atoms. The van der Waals surface area contributed by atoms with Crippen LogP contribution in [0.1, 0.15) is 5.56 Å². The van der Waals surface area contributed by atoms with E-state index in [4.69, 9.17) is 10.5 Å². The lowest BCUT2D eigenvalue weighted by Crippen LogP contribution is -1.99. The van der Waals surface area contributed by atoms with E-state index in [1.807, 2.05) is 0 Å². The number of hydrogen-bond donors (Lipinski definition) is 1. The molecule has 94 valence electrons. The number of pyridine rings is 1. The third kappa shape index (κ3) is 2.60. The number of halogens is 3. The average Bonchev–Trinajstić information content (AvgIpc) is 2.34. The predicted molar refractivity (Wildman–Crippen MR) is 58.5 cm³/mol. The van der Waals surface area contributed by atoms with Gasteiger partial charge in [-0.05, 0) is 17.7 Å². The van der Waals surface area contributed by atoms with Gasteiger partial charge in [0.05, 0.1) is 6.20 Å². The number of hydrogen-bond acceptors (Lipinski definition) is 3. The Hall–Kier alpha value is -2.08. The van der Waals surface area contributed by atoms with E-state index in [-0.39, 0.29) is 12.3 Å². The minimum atomic E-state index is -1.00. The number of nitrogens with two attached hydrogens (primary N) is 1. The zero-order valence-corrected chi connectivity index (χ0v) is 9.16. The fraction of sp³-hybridized carbons (Fsp3) is 0.0833. The number of rotatable bonds is 3. The van der Waals surface area contributed by atoms with Gasteiger partial charge in [0.2, 0.25) is 0 Å². The van der Waals surface area contributed by atoms with Crippen molar-refractivity contribution in [2.24, 2.45) is 5.73 Å². The van der Waals surface area contributed by atoms with Gasteiger partial charge < -0.3 is 10.5 Å². The molecule has 1 aromatic heterocycles. The third-order valence-corrected chi connectivity index (χ3v) is 2.21. The van der Waals surface area contributed by atoms with Crippen molar-refractivity contribution in [1.29, 1.82) is 0 Å². The zero-order valence-electron chi connectivity index (χ0n) is 9.16. The van der Waals surface area contributed by atoms with Crippen LogP contribution in [0.15, 0.2) is 30.5 Å². The largest absolute Gasteiger partial charge is 0.433 e. The molecule has 0 saturated heterocycles. The van der Waals surface area contributed by atoms with E-state index in [1.54, 1.807) is 6.07 Å². The van der Waals surface area contributed by atoms with Crippen LogP contribution in [-0.4, -0.2) is 4.98 Å². The van der Waals surface area contributed by atoms with Crippen molar-refractivity contribution in [1.82, 2.24) is 4.98 Å². The maximum absolute atomic E-state index is 13.5. The van der Waals surface area contributed by atoms with Crippen molar-refractivity contribution < 1.29 is 17.9 Å². The molecule has 1 heterocycles. The van der Waals surface area contributed by atoms with Crippen molar-refractivity contribution in [2.45, 2.75) is 6.54 Å². The lowest BCUT2D eigenvalue weighted by Gasteiger charge is -2.07. The summed E-state index contributed by atoms with van der Waals surface area (Å²) in [7, 11) is 0. The van der Waals surface area contributed by atoms with Crippen LogP contribution in [0.5, 0.6) is 11.6 Å². The van der Waals surface area contributed by atoms with Gasteiger partial charge in [0.25, 0.3) is 5.88 Å². The van der Waals surface area contributed by atoms with E-state index in [0.29, 0.717) is 11.6 Å². The first-order valence-electron chi connectivity index (χ1n) is 5.07. The standard InChI is InChI=1S/C12H9F3N2O/c13-8-4-10(15)12(17-6-8)18-11-2-1-7(5-16)3-9(11)14/h1-4,6H,5,16H2. The molecule has 0 atom stereocenters. The van der Waals surface area contributed by atoms with Gasteiger partial charge in [-0.15, -0.1) is 0 Å². The van der Waals surface area contributed by atoms with Crippen LogP contribution in [-0.2, 0) is 6.54 Å². The Kier molecular flexibility index (Phi) is 3.47. The van der Waals surface area contributed by atoms with Gasteiger partial charge in [-0.25, -0.2) is 18.2 Å². The van der Waals surface area contributed by atoms with Gasteiger partial charge in [-0.1, -0.05) is 6.07 Å². The Morgan fingerprint density at radius 1 is 1.11 bits per heavy atom. The normalized spacial score (nSPS) is 10.4. The molecular formula is C12H9F3N2O. The topological polar surface area (TPSA) is 48.1 Å². The minimum Gasteiger partial charge on any atom is -0.433 e. The highest BCUT2D eigenvalue weighted by atomic mass is 19.1. The maximum Gasteiger partial charge on any atom is 0.256 e. The van der Waals surface area contributed by atoms with Crippen LogP contribution in [0, 0.1) is 17.5 Å². The summed E-state index contributed by atoms with van der Waals surface area (Å²) >= 11 is 0. The molecular weight excluding hydrogens is 245 g/mol. The molecule has 3 nitrogen and oxygen atoms in total. The predicted octanol–water partition coefficient (Wildman–Crippen LogP) is 2.75. The second-order valence-electron chi connectivity index (χ2n) is 3.51. The molecule has 0 amide bonds. The minimum absolute atomic E-state index is 0.181. The van der Waals surface area contributed by atoms with E-state index in [2.05, 4.69) is 4.98 Å². The van der Waals surface area contributed by atoms with Crippen molar-refractivity contribution in [3.63, 3.8) is 0 Å². The monoisotopic (exact) mass is 254 g/mol. The molecule has 2 N–H and O–H groups in total. The molecule has 0 bridgehead atoms. The lowest BCUT2D eigenvalue weighted by atomic mass is 10.2. The number of ether oxygens (including phenoxy) is 1. The zero-order chi connectivity index (χ0) is 13.1. The molecule has 0 unspecified atom stereocenters. The van der Waals surface area contributed by atoms with Crippen molar-refractivity contribution in [3.8, 4) is 11.6 Å². The van der Waals surface area contributed by atoms with E-state index in [1.165, 1.54) is 12.1 Å². The highest BCUT2D eigenvalue weighted by molar-refractivity contribution is 5.32. The SMILES string of the molecule is NCc1ccc(Oc2ncc(F)cc2F)c(F)c1. The highest BCUT2D eigenvalue weighted by Crippen LogP contribution is 2.25. The van der Waals surface area contributed by atoms with Gasteiger partial charge in [-0.3, -0.25) is 0 Å². The third-order valence-electron chi connectivity index (χ3n) is 2.21. The van der Waals surface area contributed by atoms with Crippen molar-refractivity contribution in [3.05, 3.63) is 53.5 Å². The molecule has 0 radical (unpaired) electrons. The Morgan fingerprint density at radius 2 is 1.89 bits per heavy atom. The summed E-state index contributed by atoms with van der Waals surface area (Å²) in [6.07, 6.45) is 0.782. The van der Waals surface area contributed by atoms with Crippen LogP contribution < -0.4 is 10.5 Å². The fourth-order valence-corrected chi connectivity index (χ4v) is 1.34. The Labute approximate surface area is 101 Å². The Morgan fingerprint density at radius 3 is 2.50 bits per heavy atom. The van der Waals surface area contributed by atoms with Crippen molar-refractivity contribution >= 4 is 0 Å². The van der Waals surface area contributed by atoms with E-state index in [9.17, 15) is 13.2 Å². The Balaban J connectivity index is 2.28. The van der Waals surface area contributed by atoms with Crippen molar-refractivity contribution in [2.75, 3.05) is 0 Å². The second-order valence-corrected chi connectivity index (χ2v) is 3.51. The number of nitrogens with zero attached hydrogens (tertiary/aromatic N) is 1. The molecule has 0 spiro atoms. The molecule has 0 aliphatic rings. The van der Waals surface area contributed by atoms with Gasteiger partial charge in [-0.2, -0.15) is 0 Å². The summed E-state index contributed by atoms with van der Waals surface area (Å²) in [5.41, 5.74) is 5.92. The Bertz CT molecular complexity index is 575. The first kappa shape index (κ1) is 12.4. The van der Waals surface area contributed by atoms with E-state index in [0.717, 1.165) is 6.20 Å². The van der Waals surface area contributed by atoms with Crippen LogP contribution in [0.2, 0.25) is 0 Å². The first-order chi connectivity index (χ1) is 8.60. The number of aromatic nitrogens is 1. The molecule has 2 rings (SSSR count).